The van der Waals surface area contributed by atoms with E-state index in [2.05, 4.69) is 10.00 Å². The SMILES string of the molecule is OC1(Cc2cccc(F)c2)CCN(Cc2cnn(CC(F)F)c2)CC1. The van der Waals surface area contributed by atoms with E-state index in [1.807, 2.05) is 6.07 Å². The molecule has 0 atom stereocenters. The minimum Gasteiger partial charge on any atom is -0.389 e. The van der Waals surface area contributed by atoms with Crippen LogP contribution in [0.4, 0.5) is 13.2 Å². The first-order valence-electron chi connectivity index (χ1n) is 8.41. The van der Waals surface area contributed by atoms with Gasteiger partial charge >= 0.3 is 0 Å². The Hall–Kier alpha value is -1.86. The maximum atomic E-state index is 13.3. The minimum atomic E-state index is -2.42. The second-order valence-corrected chi connectivity index (χ2v) is 6.77. The first-order valence-corrected chi connectivity index (χ1v) is 8.41. The third kappa shape index (κ3) is 5.06. The lowest BCUT2D eigenvalue weighted by Gasteiger charge is -2.38. The molecule has 7 heteroatoms. The Bertz CT molecular complexity index is 696. The highest BCUT2D eigenvalue weighted by molar-refractivity contribution is 5.19. The Morgan fingerprint density at radius 3 is 2.64 bits per heavy atom. The normalized spacial score (nSPS) is 18.0. The Labute approximate surface area is 144 Å². The van der Waals surface area contributed by atoms with Crippen LogP contribution in [0.25, 0.3) is 0 Å². The number of nitrogens with zero attached hydrogens (tertiary/aromatic N) is 3. The number of hydrogen-bond acceptors (Lipinski definition) is 3. The van der Waals surface area contributed by atoms with Crippen molar-refractivity contribution in [2.75, 3.05) is 13.1 Å². The van der Waals surface area contributed by atoms with Crippen molar-refractivity contribution in [2.24, 2.45) is 0 Å². The van der Waals surface area contributed by atoms with E-state index >= 15 is 0 Å². The molecule has 0 aliphatic carbocycles. The molecular weight excluding hydrogens is 331 g/mol. The third-order valence-electron chi connectivity index (χ3n) is 4.63. The predicted octanol–water partition coefficient (Wildman–Crippen LogP) is 2.86. The van der Waals surface area contributed by atoms with Crippen molar-refractivity contribution >= 4 is 0 Å². The molecule has 0 unspecified atom stereocenters. The molecule has 2 aromatic rings. The zero-order chi connectivity index (χ0) is 17.9. The van der Waals surface area contributed by atoms with Crippen LogP contribution in [0.2, 0.25) is 0 Å². The topological polar surface area (TPSA) is 41.3 Å². The smallest absolute Gasteiger partial charge is 0.257 e. The van der Waals surface area contributed by atoms with Crippen LogP contribution in [-0.2, 0) is 19.5 Å². The Morgan fingerprint density at radius 1 is 1.20 bits per heavy atom. The highest BCUT2D eigenvalue weighted by Gasteiger charge is 2.32. The van der Waals surface area contributed by atoms with Crippen molar-refractivity contribution in [3.8, 4) is 0 Å². The van der Waals surface area contributed by atoms with Gasteiger partial charge in [-0.1, -0.05) is 12.1 Å². The average molecular weight is 353 g/mol. The van der Waals surface area contributed by atoms with E-state index in [1.54, 1.807) is 18.5 Å². The second kappa shape index (κ2) is 7.58. The van der Waals surface area contributed by atoms with Crippen LogP contribution >= 0.6 is 0 Å². The van der Waals surface area contributed by atoms with Crippen LogP contribution in [0.1, 0.15) is 24.0 Å². The molecule has 0 radical (unpaired) electrons. The summed E-state index contributed by atoms with van der Waals surface area (Å²) in [5.74, 6) is -0.292. The standard InChI is InChI=1S/C18H22F3N3O/c19-16-3-1-2-14(8-16)9-18(25)4-6-23(7-5-18)11-15-10-22-24(12-15)13-17(20)21/h1-3,8,10,12,17,25H,4-7,9,11,13H2. The van der Waals surface area contributed by atoms with Gasteiger partial charge in [0, 0.05) is 37.8 Å². The maximum Gasteiger partial charge on any atom is 0.257 e. The number of rotatable bonds is 6. The van der Waals surface area contributed by atoms with Crippen LogP contribution in [0.3, 0.4) is 0 Å². The highest BCUT2D eigenvalue weighted by atomic mass is 19.3. The first kappa shape index (κ1) is 17.9. The number of hydrogen-bond donors (Lipinski definition) is 1. The predicted molar refractivity (Wildman–Crippen MR) is 87.8 cm³/mol. The second-order valence-electron chi connectivity index (χ2n) is 6.77. The van der Waals surface area contributed by atoms with Gasteiger partial charge in [0.25, 0.3) is 6.43 Å². The van der Waals surface area contributed by atoms with Crippen molar-refractivity contribution in [3.63, 3.8) is 0 Å². The molecule has 2 heterocycles. The van der Waals surface area contributed by atoms with Gasteiger partial charge in [-0.05, 0) is 30.5 Å². The minimum absolute atomic E-state index is 0.292. The molecular formula is C18H22F3N3O. The molecule has 3 rings (SSSR count). The molecule has 0 bridgehead atoms. The van der Waals surface area contributed by atoms with Crippen LogP contribution in [0.15, 0.2) is 36.7 Å². The fourth-order valence-corrected chi connectivity index (χ4v) is 3.32. The van der Waals surface area contributed by atoms with Gasteiger partial charge < -0.3 is 5.11 Å². The summed E-state index contributed by atoms with van der Waals surface area (Å²) in [6.07, 6.45) is 2.45. The molecule has 1 fully saturated rings. The fraction of sp³-hybridized carbons (Fsp3) is 0.500. The zero-order valence-electron chi connectivity index (χ0n) is 13.9. The quantitative estimate of drug-likeness (QED) is 0.868. The number of alkyl halides is 2. The van der Waals surface area contributed by atoms with Crippen LogP contribution in [-0.4, -0.2) is 44.9 Å². The van der Waals surface area contributed by atoms with E-state index in [0.29, 0.717) is 38.9 Å². The monoisotopic (exact) mass is 353 g/mol. The number of likely N-dealkylation sites (tertiary alicyclic amines) is 1. The Morgan fingerprint density at radius 2 is 1.96 bits per heavy atom. The Kier molecular flexibility index (Phi) is 5.44. The molecule has 4 nitrogen and oxygen atoms in total. The maximum absolute atomic E-state index is 13.3. The van der Waals surface area contributed by atoms with Crippen LogP contribution in [0.5, 0.6) is 0 Å². The molecule has 0 saturated carbocycles. The zero-order valence-corrected chi connectivity index (χ0v) is 13.9. The van der Waals surface area contributed by atoms with Gasteiger partial charge in [0.05, 0.1) is 11.8 Å². The molecule has 1 aliphatic rings. The molecule has 1 aliphatic heterocycles. The Balaban J connectivity index is 1.52. The molecule has 136 valence electrons. The van der Waals surface area contributed by atoms with Crippen molar-refractivity contribution < 1.29 is 18.3 Å². The number of benzene rings is 1. The molecule has 25 heavy (non-hydrogen) atoms. The summed E-state index contributed by atoms with van der Waals surface area (Å²) in [7, 11) is 0. The number of halogens is 3. The molecule has 0 spiro atoms. The van der Waals surface area contributed by atoms with Gasteiger partial charge in [0.15, 0.2) is 0 Å². The van der Waals surface area contributed by atoms with E-state index in [0.717, 1.165) is 11.1 Å². The lowest BCUT2D eigenvalue weighted by Crippen LogP contribution is -2.45. The van der Waals surface area contributed by atoms with Crippen LogP contribution in [0, 0.1) is 5.82 Å². The van der Waals surface area contributed by atoms with Gasteiger partial charge in [-0.2, -0.15) is 5.10 Å². The van der Waals surface area contributed by atoms with Gasteiger partial charge in [-0.15, -0.1) is 0 Å². The summed E-state index contributed by atoms with van der Waals surface area (Å²) in [6, 6.07) is 6.33. The van der Waals surface area contributed by atoms with Gasteiger partial charge in [0.1, 0.15) is 12.4 Å². The van der Waals surface area contributed by atoms with Crippen molar-refractivity contribution in [1.29, 1.82) is 0 Å². The van der Waals surface area contributed by atoms with E-state index in [9.17, 15) is 18.3 Å². The fourth-order valence-electron chi connectivity index (χ4n) is 3.32. The summed E-state index contributed by atoms with van der Waals surface area (Å²) in [4.78, 5) is 2.17. The van der Waals surface area contributed by atoms with E-state index in [-0.39, 0.29) is 5.82 Å². The largest absolute Gasteiger partial charge is 0.389 e. The van der Waals surface area contributed by atoms with Gasteiger partial charge in [-0.3, -0.25) is 9.58 Å². The van der Waals surface area contributed by atoms with Gasteiger partial charge in [-0.25, -0.2) is 13.2 Å². The molecule has 1 aromatic heterocycles. The van der Waals surface area contributed by atoms with E-state index in [1.165, 1.54) is 16.8 Å². The lowest BCUT2D eigenvalue weighted by atomic mass is 9.85. The van der Waals surface area contributed by atoms with Crippen molar-refractivity contribution in [1.82, 2.24) is 14.7 Å². The van der Waals surface area contributed by atoms with Crippen molar-refractivity contribution in [3.05, 3.63) is 53.6 Å². The summed E-state index contributed by atoms with van der Waals surface area (Å²) in [6.45, 7) is 1.63. The molecule has 1 aromatic carbocycles. The summed E-state index contributed by atoms with van der Waals surface area (Å²) in [5.41, 5.74) is 0.852. The summed E-state index contributed by atoms with van der Waals surface area (Å²) < 4.78 is 39.3. The van der Waals surface area contributed by atoms with E-state index in [4.69, 9.17) is 0 Å². The molecule has 1 saturated heterocycles. The van der Waals surface area contributed by atoms with Gasteiger partial charge in [0.2, 0.25) is 0 Å². The first-order chi connectivity index (χ1) is 11.9. The average Bonchev–Trinajstić information content (AvgIpc) is 2.96. The van der Waals surface area contributed by atoms with Crippen LogP contribution < -0.4 is 0 Å². The van der Waals surface area contributed by atoms with E-state index < -0.39 is 18.6 Å². The highest BCUT2D eigenvalue weighted by Crippen LogP contribution is 2.27. The summed E-state index contributed by atoms with van der Waals surface area (Å²) in [5, 5.41) is 14.7. The molecule has 1 N–H and O–H groups in total. The number of aliphatic hydroxyl groups is 1. The molecule has 0 amide bonds. The third-order valence-corrected chi connectivity index (χ3v) is 4.63. The number of piperidine rings is 1. The van der Waals surface area contributed by atoms with Crippen molar-refractivity contribution in [2.45, 2.75) is 44.4 Å². The summed E-state index contributed by atoms with van der Waals surface area (Å²) >= 11 is 0. The lowest BCUT2D eigenvalue weighted by molar-refractivity contribution is -0.0225. The number of aromatic nitrogens is 2.